The van der Waals surface area contributed by atoms with Crippen LogP contribution in [0, 0.1) is 10.1 Å². The lowest BCUT2D eigenvalue weighted by Gasteiger charge is -1.93. The number of fused-ring (bicyclic) bond motifs is 1. The van der Waals surface area contributed by atoms with Gasteiger partial charge in [0.15, 0.2) is 0 Å². The van der Waals surface area contributed by atoms with Crippen molar-refractivity contribution in [3.05, 3.63) is 44.7 Å². The maximum Gasteiger partial charge on any atom is 0.245 e. The Bertz CT molecular complexity index is 631. The molecule has 0 N–H and O–H groups in total. The molecule has 0 amide bonds. The summed E-state index contributed by atoms with van der Waals surface area (Å²) >= 11 is 5.91. The Morgan fingerprint density at radius 1 is 1.59 bits per heavy atom. The normalized spacial score (nSPS) is 12.1. The molecule has 5 nitrogen and oxygen atoms in total. The predicted octanol–water partition coefficient (Wildman–Crippen LogP) is 2.86. The Morgan fingerprint density at radius 2 is 2.29 bits per heavy atom. The molecule has 1 heterocycles. The van der Waals surface area contributed by atoms with Crippen molar-refractivity contribution in [1.29, 1.82) is 0 Å². The summed E-state index contributed by atoms with van der Waals surface area (Å²) in [6.45, 7) is 1.44. The number of hydrogen-bond donors (Lipinski definition) is 0. The van der Waals surface area contributed by atoms with E-state index in [1.807, 2.05) is 6.07 Å². The number of halogens is 1. The Labute approximate surface area is 102 Å². The number of allylic oxidation sites excluding steroid dienone is 1. The summed E-state index contributed by atoms with van der Waals surface area (Å²) in [6.07, 6.45) is 1.44. The fourth-order valence-corrected chi connectivity index (χ4v) is 1.79. The smallest absolute Gasteiger partial charge is 0.245 e. The monoisotopic (exact) mass is 251 g/mol. The SMILES string of the molecule is CC(=Cc1nn(C)c2ccc(Cl)cc12)[N+](=O)[O-]. The zero-order chi connectivity index (χ0) is 12.6. The average Bonchev–Trinajstić information content (AvgIpc) is 2.55. The number of nitrogens with zero attached hydrogens (tertiary/aromatic N) is 3. The topological polar surface area (TPSA) is 61.0 Å². The van der Waals surface area contributed by atoms with Crippen LogP contribution in [0.4, 0.5) is 0 Å². The maximum absolute atomic E-state index is 10.6. The second-order valence-electron chi connectivity index (χ2n) is 3.71. The molecule has 0 atom stereocenters. The zero-order valence-electron chi connectivity index (χ0n) is 9.35. The number of aryl methyl sites for hydroxylation is 1. The van der Waals surface area contributed by atoms with Crippen molar-refractivity contribution in [3.63, 3.8) is 0 Å². The summed E-state index contributed by atoms with van der Waals surface area (Å²) in [6, 6.07) is 5.35. The molecule has 0 saturated heterocycles. The highest BCUT2D eigenvalue weighted by atomic mass is 35.5. The minimum absolute atomic E-state index is 0.0463. The highest BCUT2D eigenvalue weighted by molar-refractivity contribution is 6.31. The molecular formula is C11H10ClN3O2. The van der Waals surface area contributed by atoms with E-state index >= 15 is 0 Å². The fourth-order valence-electron chi connectivity index (χ4n) is 1.62. The van der Waals surface area contributed by atoms with Crippen molar-refractivity contribution in [3.8, 4) is 0 Å². The first kappa shape index (κ1) is 11.6. The second kappa shape index (κ2) is 4.18. The van der Waals surface area contributed by atoms with Crippen LogP contribution in [0.1, 0.15) is 12.6 Å². The molecule has 1 aromatic heterocycles. The van der Waals surface area contributed by atoms with Crippen molar-refractivity contribution in [1.82, 2.24) is 9.78 Å². The molecule has 0 fully saturated rings. The molecule has 0 aliphatic rings. The third-order valence-electron chi connectivity index (χ3n) is 2.47. The van der Waals surface area contributed by atoms with Gasteiger partial charge in [0.05, 0.1) is 16.1 Å². The third kappa shape index (κ3) is 2.14. The molecule has 0 radical (unpaired) electrons. The van der Waals surface area contributed by atoms with Crippen molar-refractivity contribution in [2.75, 3.05) is 0 Å². The quantitative estimate of drug-likeness (QED) is 0.609. The number of aromatic nitrogens is 2. The molecule has 0 saturated carbocycles. The van der Waals surface area contributed by atoms with Gasteiger partial charge in [-0.25, -0.2) is 0 Å². The lowest BCUT2D eigenvalue weighted by molar-refractivity contribution is -0.422. The van der Waals surface area contributed by atoms with Gasteiger partial charge in [0.2, 0.25) is 5.70 Å². The summed E-state index contributed by atoms with van der Waals surface area (Å²) < 4.78 is 1.67. The third-order valence-corrected chi connectivity index (χ3v) is 2.71. The summed E-state index contributed by atoms with van der Waals surface area (Å²) in [5.74, 6) is 0. The first-order valence-corrected chi connectivity index (χ1v) is 5.32. The molecular weight excluding hydrogens is 242 g/mol. The first-order valence-electron chi connectivity index (χ1n) is 4.94. The Balaban J connectivity index is 2.66. The van der Waals surface area contributed by atoms with E-state index in [4.69, 9.17) is 11.6 Å². The average molecular weight is 252 g/mol. The van der Waals surface area contributed by atoms with Gasteiger partial charge >= 0.3 is 0 Å². The van der Waals surface area contributed by atoms with Crippen LogP contribution in [-0.2, 0) is 7.05 Å². The van der Waals surface area contributed by atoms with E-state index in [0.29, 0.717) is 10.7 Å². The molecule has 0 unspecified atom stereocenters. The second-order valence-corrected chi connectivity index (χ2v) is 4.15. The molecule has 88 valence electrons. The molecule has 0 aliphatic carbocycles. The largest absolute Gasteiger partial charge is 0.267 e. The molecule has 2 rings (SSSR count). The molecule has 0 bridgehead atoms. The van der Waals surface area contributed by atoms with Crippen LogP contribution in [0.3, 0.4) is 0 Å². The van der Waals surface area contributed by atoms with Crippen molar-refractivity contribution < 1.29 is 4.92 Å². The van der Waals surface area contributed by atoms with Gasteiger partial charge in [-0.2, -0.15) is 5.10 Å². The molecule has 17 heavy (non-hydrogen) atoms. The van der Waals surface area contributed by atoms with Crippen LogP contribution in [0.5, 0.6) is 0 Å². The van der Waals surface area contributed by atoms with Gasteiger partial charge in [0.25, 0.3) is 0 Å². The van der Waals surface area contributed by atoms with Crippen LogP contribution < -0.4 is 0 Å². The fraction of sp³-hybridized carbons (Fsp3) is 0.182. The molecule has 6 heteroatoms. The predicted molar refractivity (Wildman–Crippen MR) is 66.4 cm³/mol. The van der Waals surface area contributed by atoms with E-state index < -0.39 is 4.92 Å². The number of nitro groups is 1. The van der Waals surface area contributed by atoms with Crippen molar-refractivity contribution in [2.24, 2.45) is 7.05 Å². The minimum Gasteiger partial charge on any atom is -0.267 e. The van der Waals surface area contributed by atoms with Gasteiger partial charge in [-0.05, 0) is 18.2 Å². The summed E-state index contributed by atoms with van der Waals surface area (Å²) in [5, 5.41) is 16.2. The first-order chi connectivity index (χ1) is 7.99. The van der Waals surface area contributed by atoms with Crippen molar-refractivity contribution in [2.45, 2.75) is 6.92 Å². The van der Waals surface area contributed by atoms with Gasteiger partial charge in [-0.15, -0.1) is 0 Å². The number of benzene rings is 1. The van der Waals surface area contributed by atoms with Gasteiger partial charge in [0.1, 0.15) is 0 Å². The Morgan fingerprint density at radius 3 is 2.94 bits per heavy atom. The molecule has 2 aromatic rings. The van der Waals surface area contributed by atoms with Crippen LogP contribution in [-0.4, -0.2) is 14.7 Å². The van der Waals surface area contributed by atoms with E-state index in [2.05, 4.69) is 5.10 Å². The molecule has 0 aliphatic heterocycles. The Hall–Kier alpha value is -1.88. The lowest BCUT2D eigenvalue weighted by Crippen LogP contribution is -1.94. The Kier molecular flexibility index (Phi) is 2.85. The molecule has 1 aromatic carbocycles. The summed E-state index contributed by atoms with van der Waals surface area (Å²) in [5.41, 5.74) is 1.49. The number of hydrogen-bond acceptors (Lipinski definition) is 3. The van der Waals surface area contributed by atoms with E-state index in [1.165, 1.54) is 13.0 Å². The van der Waals surface area contributed by atoms with Gasteiger partial charge in [-0.3, -0.25) is 14.8 Å². The zero-order valence-corrected chi connectivity index (χ0v) is 10.1. The highest BCUT2D eigenvalue weighted by Crippen LogP contribution is 2.23. The van der Waals surface area contributed by atoms with Crippen LogP contribution >= 0.6 is 11.6 Å². The molecule has 0 spiro atoms. The number of rotatable bonds is 2. The van der Waals surface area contributed by atoms with E-state index in [-0.39, 0.29) is 5.70 Å². The van der Waals surface area contributed by atoms with Crippen molar-refractivity contribution >= 4 is 28.6 Å². The minimum atomic E-state index is -0.439. The summed E-state index contributed by atoms with van der Waals surface area (Å²) in [4.78, 5) is 10.2. The highest BCUT2D eigenvalue weighted by Gasteiger charge is 2.10. The van der Waals surface area contributed by atoms with Gasteiger partial charge in [0, 0.05) is 30.5 Å². The summed E-state index contributed by atoms with van der Waals surface area (Å²) in [7, 11) is 1.79. The van der Waals surface area contributed by atoms with E-state index in [0.717, 1.165) is 10.9 Å². The maximum atomic E-state index is 10.6. The van der Waals surface area contributed by atoms with E-state index in [1.54, 1.807) is 23.9 Å². The van der Waals surface area contributed by atoms with E-state index in [9.17, 15) is 10.1 Å². The van der Waals surface area contributed by atoms with Crippen LogP contribution in [0.2, 0.25) is 5.02 Å². The standard InChI is InChI=1S/C11H10ClN3O2/c1-7(15(16)17)5-10-9-6-8(12)3-4-11(9)14(2)13-10/h3-6H,1-2H3. The van der Waals surface area contributed by atoms with Gasteiger partial charge in [-0.1, -0.05) is 11.6 Å². The van der Waals surface area contributed by atoms with Crippen LogP contribution in [0.15, 0.2) is 23.9 Å². The van der Waals surface area contributed by atoms with Gasteiger partial charge < -0.3 is 0 Å². The lowest BCUT2D eigenvalue weighted by atomic mass is 10.2. The van der Waals surface area contributed by atoms with Crippen LogP contribution in [0.25, 0.3) is 17.0 Å².